The first-order valence-corrected chi connectivity index (χ1v) is 6.62. The third-order valence-electron chi connectivity index (χ3n) is 3.26. The summed E-state index contributed by atoms with van der Waals surface area (Å²) in [5, 5.41) is 2.65. The number of primary amides is 1. The standard InChI is InChI=1S/C16H17N3O2/c1-11-5-2-3-6-12(11)9-14(15(17)20)19-16(21)13-7-4-8-18-10-13/h2-8,10,14H,9H2,1H3,(H2,17,20)(H,19,21)/t14-/m0/s1. The monoisotopic (exact) mass is 283 g/mol. The Balaban J connectivity index is 2.12. The maximum Gasteiger partial charge on any atom is 0.253 e. The van der Waals surface area contributed by atoms with Gasteiger partial charge in [0.15, 0.2) is 0 Å². The number of benzene rings is 1. The Morgan fingerprint density at radius 2 is 2.00 bits per heavy atom. The largest absolute Gasteiger partial charge is 0.368 e. The van der Waals surface area contributed by atoms with Gasteiger partial charge in [0.2, 0.25) is 5.91 Å². The summed E-state index contributed by atoms with van der Waals surface area (Å²) in [6.07, 6.45) is 3.39. The van der Waals surface area contributed by atoms with Crippen LogP contribution >= 0.6 is 0 Å². The molecule has 0 aliphatic rings. The van der Waals surface area contributed by atoms with E-state index in [4.69, 9.17) is 5.73 Å². The lowest BCUT2D eigenvalue weighted by molar-refractivity contribution is -0.119. The topological polar surface area (TPSA) is 85.1 Å². The van der Waals surface area contributed by atoms with E-state index in [-0.39, 0.29) is 5.91 Å². The molecule has 1 aromatic carbocycles. The Bertz CT molecular complexity index is 641. The highest BCUT2D eigenvalue weighted by Crippen LogP contribution is 2.10. The molecule has 0 radical (unpaired) electrons. The van der Waals surface area contributed by atoms with E-state index in [9.17, 15) is 9.59 Å². The van der Waals surface area contributed by atoms with Crippen molar-refractivity contribution in [2.75, 3.05) is 0 Å². The average Bonchev–Trinajstić information content (AvgIpc) is 2.49. The number of amides is 2. The Kier molecular flexibility index (Phi) is 4.66. The molecule has 108 valence electrons. The van der Waals surface area contributed by atoms with Crippen LogP contribution in [0.3, 0.4) is 0 Å². The molecule has 0 spiro atoms. The van der Waals surface area contributed by atoms with Crippen molar-refractivity contribution in [2.24, 2.45) is 5.73 Å². The first-order valence-electron chi connectivity index (χ1n) is 6.62. The highest BCUT2D eigenvalue weighted by atomic mass is 16.2. The van der Waals surface area contributed by atoms with Crippen LogP contribution in [0.2, 0.25) is 0 Å². The van der Waals surface area contributed by atoms with E-state index < -0.39 is 11.9 Å². The van der Waals surface area contributed by atoms with Gasteiger partial charge in [0.25, 0.3) is 5.91 Å². The number of nitrogens with two attached hydrogens (primary N) is 1. The van der Waals surface area contributed by atoms with E-state index in [1.807, 2.05) is 31.2 Å². The average molecular weight is 283 g/mol. The van der Waals surface area contributed by atoms with Crippen molar-refractivity contribution in [1.82, 2.24) is 10.3 Å². The van der Waals surface area contributed by atoms with Crippen molar-refractivity contribution in [3.8, 4) is 0 Å². The van der Waals surface area contributed by atoms with Gasteiger partial charge in [0.05, 0.1) is 5.56 Å². The van der Waals surface area contributed by atoms with Crippen molar-refractivity contribution in [2.45, 2.75) is 19.4 Å². The molecule has 1 heterocycles. The SMILES string of the molecule is Cc1ccccc1C[C@H](NC(=O)c1cccnc1)C(N)=O. The number of aromatic nitrogens is 1. The summed E-state index contributed by atoms with van der Waals surface area (Å²) >= 11 is 0. The number of hydrogen-bond acceptors (Lipinski definition) is 3. The van der Waals surface area contributed by atoms with Crippen LogP contribution in [-0.4, -0.2) is 22.8 Å². The van der Waals surface area contributed by atoms with Crippen LogP contribution in [0.25, 0.3) is 0 Å². The minimum Gasteiger partial charge on any atom is -0.368 e. The second-order valence-electron chi connectivity index (χ2n) is 4.80. The summed E-state index contributed by atoms with van der Waals surface area (Å²) in [6.45, 7) is 1.95. The zero-order chi connectivity index (χ0) is 15.2. The van der Waals surface area contributed by atoms with Crippen LogP contribution in [-0.2, 0) is 11.2 Å². The summed E-state index contributed by atoms with van der Waals surface area (Å²) in [5.41, 5.74) is 7.82. The Labute approximate surface area is 123 Å². The molecule has 0 aliphatic carbocycles. The third-order valence-corrected chi connectivity index (χ3v) is 3.26. The molecule has 2 aromatic rings. The lowest BCUT2D eigenvalue weighted by Gasteiger charge is -2.16. The van der Waals surface area contributed by atoms with Crippen LogP contribution < -0.4 is 11.1 Å². The number of nitrogens with zero attached hydrogens (tertiary/aromatic N) is 1. The van der Waals surface area contributed by atoms with Crippen molar-refractivity contribution in [1.29, 1.82) is 0 Å². The number of aryl methyl sites for hydroxylation is 1. The maximum absolute atomic E-state index is 12.1. The van der Waals surface area contributed by atoms with Crippen molar-refractivity contribution >= 4 is 11.8 Å². The van der Waals surface area contributed by atoms with Crippen molar-refractivity contribution in [3.05, 3.63) is 65.5 Å². The molecule has 0 unspecified atom stereocenters. The summed E-state index contributed by atoms with van der Waals surface area (Å²) in [7, 11) is 0. The highest BCUT2D eigenvalue weighted by Gasteiger charge is 2.20. The van der Waals surface area contributed by atoms with E-state index >= 15 is 0 Å². The van der Waals surface area contributed by atoms with Gasteiger partial charge >= 0.3 is 0 Å². The highest BCUT2D eigenvalue weighted by molar-refractivity contribution is 5.97. The van der Waals surface area contributed by atoms with Gasteiger partial charge in [-0.05, 0) is 30.2 Å². The number of carbonyl (C=O) groups is 2. The second-order valence-corrected chi connectivity index (χ2v) is 4.80. The van der Waals surface area contributed by atoms with E-state index in [0.29, 0.717) is 12.0 Å². The predicted octanol–water partition coefficient (Wildman–Crippen LogP) is 1.22. The molecule has 3 N–H and O–H groups in total. The molecule has 0 saturated carbocycles. The van der Waals surface area contributed by atoms with Crippen LogP contribution in [0.5, 0.6) is 0 Å². The van der Waals surface area contributed by atoms with Crippen LogP contribution in [0.4, 0.5) is 0 Å². The van der Waals surface area contributed by atoms with E-state index in [0.717, 1.165) is 11.1 Å². The number of hydrogen-bond donors (Lipinski definition) is 2. The van der Waals surface area contributed by atoms with Crippen molar-refractivity contribution in [3.63, 3.8) is 0 Å². The minimum absolute atomic E-state index is 0.361. The molecule has 0 saturated heterocycles. The lowest BCUT2D eigenvalue weighted by atomic mass is 10.0. The van der Waals surface area contributed by atoms with Crippen molar-refractivity contribution < 1.29 is 9.59 Å². The molecule has 21 heavy (non-hydrogen) atoms. The quantitative estimate of drug-likeness (QED) is 0.865. The van der Waals surface area contributed by atoms with Gasteiger partial charge in [-0.2, -0.15) is 0 Å². The first-order chi connectivity index (χ1) is 10.1. The molecule has 2 rings (SSSR count). The molecule has 5 nitrogen and oxygen atoms in total. The smallest absolute Gasteiger partial charge is 0.253 e. The molecular formula is C16H17N3O2. The summed E-state index contributed by atoms with van der Waals surface area (Å²) in [4.78, 5) is 27.5. The summed E-state index contributed by atoms with van der Waals surface area (Å²) in [6, 6.07) is 10.2. The molecule has 1 atom stereocenters. The Hall–Kier alpha value is -2.69. The number of rotatable bonds is 5. The number of pyridine rings is 1. The van der Waals surface area contributed by atoms with E-state index in [1.165, 1.54) is 6.20 Å². The number of carbonyl (C=O) groups excluding carboxylic acids is 2. The van der Waals surface area contributed by atoms with Gasteiger partial charge in [-0.3, -0.25) is 14.6 Å². The molecular weight excluding hydrogens is 266 g/mol. The minimum atomic E-state index is -0.751. The lowest BCUT2D eigenvalue weighted by Crippen LogP contribution is -2.46. The van der Waals surface area contributed by atoms with Gasteiger partial charge in [0.1, 0.15) is 6.04 Å². The van der Waals surface area contributed by atoms with Crippen LogP contribution in [0.1, 0.15) is 21.5 Å². The van der Waals surface area contributed by atoms with E-state index in [1.54, 1.807) is 18.3 Å². The second kappa shape index (κ2) is 6.65. The fourth-order valence-corrected chi connectivity index (χ4v) is 2.02. The van der Waals surface area contributed by atoms with Gasteiger partial charge in [-0.25, -0.2) is 0 Å². The summed E-state index contributed by atoms with van der Waals surface area (Å²) in [5.74, 6) is -0.920. The van der Waals surface area contributed by atoms with Gasteiger partial charge in [-0.15, -0.1) is 0 Å². The van der Waals surface area contributed by atoms with E-state index in [2.05, 4.69) is 10.3 Å². The fourth-order valence-electron chi connectivity index (χ4n) is 2.02. The first kappa shape index (κ1) is 14.7. The zero-order valence-electron chi connectivity index (χ0n) is 11.7. The molecule has 0 fully saturated rings. The Morgan fingerprint density at radius 3 is 2.62 bits per heavy atom. The van der Waals surface area contributed by atoms with Gasteiger partial charge < -0.3 is 11.1 Å². The molecule has 1 aromatic heterocycles. The molecule has 2 amide bonds. The Morgan fingerprint density at radius 1 is 1.24 bits per heavy atom. The van der Waals surface area contributed by atoms with Crippen LogP contribution in [0.15, 0.2) is 48.8 Å². The molecule has 5 heteroatoms. The number of nitrogens with one attached hydrogen (secondary N) is 1. The normalized spacial score (nSPS) is 11.7. The summed E-state index contributed by atoms with van der Waals surface area (Å²) < 4.78 is 0. The predicted molar refractivity (Wildman–Crippen MR) is 79.6 cm³/mol. The fraction of sp³-hybridized carbons (Fsp3) is 0.188. The van der Waals surface area contributed by atoms with Gasteiger partial charge in [-0.1, -0.05) is 24.3 Å². The molecule has 0 aliphatic heterocycles. The van der Waals surface area contributed by atoms with Crippen LogP contribution in [0, 0.1) is 6.92 Å². The van der Waals surface area contributed by atoms with Gasteiger partial charge in [0, 0.05) is 18.8 Å². The zero-order valence-corrected chi connectivity index (χ0v) is 11.7. The molecule has 0 bridgehead atoms. The maximum atomic E-state index is 12.1. The third kappa shape index (κ3) is 3.89.